The van der Waals surface area contributed by atoms with E-state index < -0.39 is 0 Å². The molecule has 0 N–H and O–H groups in total. The van der Waals surface area contributed by atoms with E-state index in [1.807, 2.05) is 35.2 Å². The fraction of sp³-hybridized carbons (Fsp3) is 0.250. The maximum atomic E-state index is 12.4. The summed E-state index contributed by atoms with van der Waals surface area (Å²) in [7, 11) is 0. The number of ether oxygens (including phenoxy) is 1. The molecule has 0 radical (unpaired) electrons. The number of nitrogens with zero attached hydrogens (tertiary/aromatic N) is 2. The molecule has 1 aliphatic heterocycles. The normalized spacial score (nSPS) is 13.8. The van der Waals surface area contributed by atoms with Gasteiger partial charge in [-0.05, 0) is 29.7 Å². The van der Waals surface area contributed by atoms with Crippen molar-refractivity contribution in [2.45, 2.75) is 19.5 Å². The van der Waals surface area contributed by atoms with E-state index in [0.29, 0.717) is 19.6 Å². The minimum atomic E-state index is 0.155. The predicted molar refractivity (Wildman–Crippen MR) is 93.9 cm³/mol. The molecule has 0 bridgehead atoms. The van der Waals surface area contributed by atoms with Crippen LogP contribution in [0.25, 0.3) is 10.9 Å². The van der Waals surface area contributed by atoms with Crippen LogP contribution in [0.4, 0.5) is 0 Å². The molecule has 4 rings (SSSR count). The quantitative estimate of drug-likeness (QED) is 0.738. The molecule has 1 aromatic heterocycles. The monoisotopic (exact) mass is 320 g/mol. The van der Waals surface area contributed by atoms with Crippen LogP contribution in [-0.2, 0) is 17.9 Å². The number of fused-ring (bicyclic) bond motifs is 3. The largest absolute Gasteiger partial charge is 0.493 e. The Bertz CT molecular complexity index is 854. The minimum Gasteiger partial charge on any atom is -0.493 e. The Kier molecular flexibility index (Phi) is 3.95. The molecule has 3 aromatic rings. The Balaban J connectivity index is 1.38. The third kappa shape index (κ3) is 2.87. The molecule has 2 aromatic carbocycles. The lowest BCUT2D eigenvalue weighted by atomic mass is 10.2. The first-order valence-corrected chi connectivity index (χ1v) is 8.34. The molecule has 1 aliphatic rings. The molecule has 0 fully saturated rings. The minimum absolute atomic E-state index is 0.155. The summed E-state index contributed by atoms with van der Waals surface area (Å²) in [6.07, 6.45) is 0.412. The van der Waals surface area contributed by atoms with Crippen LogP contribution in [-0.4, -0.2) is 28.5 Å². The summed E-state index contributed by atoms with van der Waals surface area (Å²) in [5.41, 5.74) is 2.46. The smallest absolute Gasteiger partial charge is 0.226 e. The second kappa shape index (κ2) is 6.40. The molecule has 122 valence electrons. The number of benzene rings is 2. The van der Waals surface area contributed by atoms with E-state index in [4.69, 9.17) is 4.74 Å². The van der Waals surface area contributed by atoms with Gasteiger partial charge in [-0.25, -0.2) is 0 Å². The van der Waals surface area contributed by atoms with Crippen LogP contribution < -0.4 is 4.74 Å². The molecule has 0 aliphatic carbocycles. The molecule has 0 saturated heterocycles. The average Bonchev–Trinajstić information content (AvgIpc) is 3.00. The zero-order valence-electron chi connectivity index (χ0n) is 13.5. The van der Waals surface area contributed by atoms with E-state index in [9.17, 15) is 4.79 Å². The summed E-state index contributed by atoms with van der Waals surface area (Å²) in [5.74, 6) is 0.964. The second-order valence-electron chi connectivity index (χ2n) is 6.07. The van der Waals surface area contributed by atoms with Crippen molar-refractivity contribution in [2.75, 3.05) is 13.2 Å². The highest BCUT2D eigenvalue weighted by atomic mass is 16.5. The molecule has 0 saturated carbocycles. The van der Waals surface area contributed by atoms with Gasteiger partial charge in [0.1, 0.15) is 5.75 Å². The summed E-state index contributed by atoms with van der Waals surface area (Å²) in [6, 6.07) is 20.2. The van der Waals surface area contributed by atoms with Crippen molar-refractivity contribution in [1.29, 1.82) is 0 Å². The van der Waals surface area contributed by atoms with Gasteiger partial charge in [-0.3, -0.25) is 4.79 Å². The predicted octanol–water partition coefficient (Wildman–Crippen LogP) is 3.45. The van der Waals surface area contributed by atoms with Crippen molar-refractivity contribution >= 4 is 16.8 Å². The first-order chi connectivity index (χ1) is 11.8. The van der Waals surface area contributed by atoms with Crippen molar-refractivity contribution in [3.63, 3.8) is 0 Å². The van der Waals surface area contributed by atoms with Crippen LogP contribution in [0.15, 0.2) is 60.7 Å². The number of amides is 1. The topological polar surface area (TPSA) is 34.5 Å². The summed E-state index contributed by atoms with van der Waals surface area (Å²) in [5, 5.41) is 1.24. The zero-order valence-corrected chi connectivity index (χ0v) is 13.5. The first-order valence-electron chi connectivity index (χ1n) is 8.34. The second-order valence-corrected chi connectivity index (χ2v) is 6.07. The summed E-state index contributed by atoms with van der Waals surface area (Å²) in [6.45, 7) is 2.71. The van der Waals surface area contributed by atoms with Gasteiger partial charge in [0.25, 0.3) is 0 Å². The highest BCUT2D eigenvalue weighted by Crippen LogP contribution is 2.24. The number of rotatable bonds is 4. The SMILES string of the molecule is O=C(CCOc1ccccc1)N1CCn2c(cc3ccccc32)C1. The van der Waals surface area contributed by atoms with E-state index in [0.717, 1.165) is 18.8 Å². The fourth-order valence-corrected chi connectivity index (χ4v) is 3.30. The Hall–Kier alpha value is -2.75. The maximum Gasteiger partial charge on any atom is 0.226 e. The van der Waals surface area contributed by atoms with E-state index >= 15 is 0 Å². The lowest BCUT2D eigenvalue weighted by molar-refractivity contribution is -0.133. The Morgan fingerprint density at radius 3 is 2.67 bits per heavy atom. The van der Waals surface area contributed by atoms with Crippen molar-refractivity contribution < 1.29 is 9.53 Å². The Morgan fingerprint density at radius 2 is 1.79 bits per heavy atom. The number of carbonyl (C=O) groups is 1. The zero-order chi connectivity index (χ0) is 16.4. The van der Waals surface area contributed by atoms with E-state index in [-0.39, 0.29) is 5.91 Å². The number of carbonyl (C=O) groups excluding carboxylic acids is 1. The van der Waals surface area contributed by atoms with Crippen molar-refractivity contribution in [3.05, 3.63) is 66.4 Å². The van der Waals surface area contributed by atoms with Crippen LogP contribution in [0, 0.1) is 0 Å². The van der Waals surface area contributed by atoms with E-state index in [1.54, 1.807) is 0 Å². The highest BCUT2D eigenvalue weighted by Gasteiger charge is 2.22. The first kappa shape index (κ1) is 14.8. The van der Waals surface area contributed by atoms with Crippen molar-refractivity contribution in [2.24, 2.45) is 0 Å². The summed E-state index contributed by atoms with van der Waals surface area (Å²) < 4.78 is 7.95. The van der Waals surface area contributed by atoms with E-state index in [2.05, 4.69) is 34.9 Å². The summed E-state index contributed by atoms with van der Waals surface area (Å²) in [4.78, 5) is 14.4. The van der Waals surface area contributed by atoms with Crippen LogP contribution in [0.1, 0.15) is 12.1 Å². The molecule has 0 unspecified atom stereocenters. The molecular formula is C20H20N2O2. The van der Waals surface area contributed by atoms with E-state index in [1.165, 1.54) is 16.6 Å². The number of hydrogen-bond donors (Lipinski definition) is 0. The molecule has 2 heterocycles. The van der Waals surface area contributed by atoms with Gasteiger partial charge < -0.3 is 14.2 Å². The maximum absolute atomic E-state index is 12.4. The van der Waals surface area contributed by atoms with Crippen LogP contribution in [0.5, 0.6) is 5.75 Å². The molecule has 4 nitrogen and oxygen atoms in total. The Labute approximate surface area is 141 Å². The van der Waals surface area contributed by atoms with Crippen LogP contribution in [0.2, 0.25) is 0 Å². The fourth-order valence-electron chi connectivity index (χ4n) is 3.30. The summed E-state index contributed by atoms with van der Waals surface area (Å²) >= 11 is 0. The van der Waals surface area contributed by atoms with Gasteiger partial charge in [0.05, 0.1) is 19.6 Å². The van der Waals surface area contributed by atoms with Gasteiger partial charge in [0.15, 0.2) is 0 Å². The molecule has 24 heavy (non-hydrogen) atoms. The van der Waals surface area contributed by atoms with Crippen LogP contribution in [0.3, 0.4) is 0 Å². The van der Waals surface area contributed by atoms with Crippen LogP contribution >= 0.6 is 0 Å². The third-order valence-corrected chi connectivity index (χ3v) is 4.52. The standard InChI is InChI=1S/C20H20N2O2/c23-20(10-13-24-18-7-2-1-3-8-18)21-11-12-22-17(15-21)14-16-6-4-5-9-19(16)22/h1-9,14H,10-13,15H2. The van der Waals surface area contributed by atoms with Gasteiger partial charge in [-0.2, -0.15) is 0 Å². The third-order valence-electron chi connectivity index (χ3n) is 4.52. The van der Waals surface area contributed by atoms with Crippen molar-refractivity contribution in [1.82, 2.24) is 9.47 Å². The molecule has 4 heteroatoms. The van der Waals surface area contributed by atoms with Crippen molar-refractivity contribution in [3.8, 4) is 5.75 Å². The molecular weight excluding hydrogens is 300 g/mol. The molecule has 0 atom stereocenters. The number of aromatic nitrogens is 1. The van der Waals surface area contributed by atoms with Gasteiger partial charge in [-0.15, -0.1) is 0 Å². The van der Waals surface area contributed by atoms with Gasteiger partial charge in [-0.1, -0.05) is 36.4 Å². The van der Waals surface area contributed by atoms with Gasteiger partial charge in [0.2, 0.25) is 5.91 Å². The number of hydrogen-bond acceptors (Lipinski definition) is 2. The molecule has 1 amide bonds. The lowest BCUT2D eigenvalue weighted by Gasteiger charge is -2.29. The number of para-hydroxylation sites is 2. The van der Waals surface area contributed by atoms with Gasteiger partial charge >= 0.3 is 0 Å². The van der Waals surface area contributed by atoms with Gasteiger partial charge in [0, 0.05) is 24.3 Å². The lowest BCUT2D eigenvalue weighted by Crippen LogP contribution is -2.38. The average molecular weight is 320 g/mol. The molecule has 0 spiro atoms. The Morgan fingerprint density at radius 1 is 1.00 bits per heavy atom. The highest BCUT2D eigenvalue weighted by molar-refractivity contribution is 5.82.